The Kier molecular flexibility index (Phi) is 67.8. The summed E-state index contributed by atoms with van der Waals surface area (Å²) >= 11 is 0. The summed E-state index contributed by atoms with van der Waals surface area (Å²) in [5.74, 6) is -2.19. The topological polar surface area (TPSA) is 237 Å². The summed E-state index contributed by atoms with van der Waals surface area (Å²) in [4.78, 5) is 72.8. The van der Waals surface area contributed by atoms with Gasteiger partial charge < -0.3 is 33.8 Å². The predicted octanol–water partition coefficient (Wildman–Crippen LogP) is 21.9. The highest BCUT2D eigenvalue weighted by atomic mass is 31.2. The van der Waals surface area contributed by atoms with Gasteiger partial charge in [-0.2, -0.15) is 0 Å². The molecule has 0 bridgehead atoms. The SMILES string of the molecule is CCC/C=C\C/C=C\CCCCCCCC(=O)OC(COC(=O)CCCCCCC/C=C\CCCCCCCC)COP(=O)(O)OCC(O)COP(=O)(O)OCC(COC(=O)CCCCCCCCCCCCCCCCC)OC(=O)CCCCCCC/C=C\C/C=C\CCC. The van der Waals surface area contributed by atoms with Crippen molar-refractivity contribution in [1.29, 1.82) is 0 Å². The number of carbonyl (C=O) groups is 4. The minimum Gasteiger partial charge on any atom is -0.462 e. The molecular formula is C77H140O17P2. The molecule has 96 heavy (non-hydrogen) atoms. The van der Waals surface area contributed by atoms with E-state index >= 15 is 0 Å². The molecule has 0 aliphatic rings. The van der Waals surface area contributed by atoms with Crippen molar-refractivity contribution in [3.63, 3.8) is 0 Å². The zero-order valence-corrected chi connectivity index (χ0v) is 62.8. The van der Waals surface area contributed by atoms with Crippen LogP contribution in [0.1, 0.15) is 349 Å². The van der Waals surface area contributed by atoms with Gasteiger partial charge in [0, 0.05) is 25.7 Å². The lowest BCUT2D eigenvalue weighted by Crippen LogP contribution is -2.30. The molecular weight excluding hydrogens is 1260 g/mol. The molecule has 560 valence electrons. The highest BCUT2D eigenvalue weighted by Gasteiger charge is 2.30. The molecule has 0 saturated heterocycles. The van der Waals surface area contributed by atoms with Gasteiger partial charge in [0.15, 0.2) is 12.2 Å². The lowest BCUT2D eigenvalue weighted by atomic mass is 10.0. The fourth-order valence-electron chi connectivity index (χ4n) is 10.5. The quantitative estimate of drug-likeness (QED) is 0.0169. The van der Waals surface area contributed by atoms with Crippen LogP contribution in [0.4, 0.5) is 0 Å². The second-order valence-electron chi connectivity index (χ2n) is 25.9. The Morgan fingerprint density at radius 1 is 0.292 bits per heavy atom. The average Bonchev–Trinajstić information content (AvgIpc) is 1.15. The summed E-state index contributed by atoms with van der Waals surface area (Å²) in [5.41, 5.74) is 0. The molecule has 0 rings (SSSR count). The predicted molar refractivity (Wildman–Crippen MR) is 390 cm³/mol. The third-order valence-corrected chi connectivity index (χ3v) is 18.3. The Hall–Kier alpha value is -3.24. The maximum Gasteiger partial charge on any atom is 0.472 e. The molecule has 0 amide bonds. The number of aliphatic hydroxyl groups excluding tert-OH is 1. The van der Waals surface area contributed by atoms with Crippen LogP contribution in [-0.4, -0.2) is 96.7 Å². The molecule has 0 heterocycles. The first-order chi connectivity index (χ1) is 46.7. The molecule has 0 radical (unpaired) electrons. The Morgan fingerprint density at radius 3 is 0.823 bits per heavy atom. The van der Waals surface area contributed by atoms with Crippen LogP contribution in [0.2, 0.25) is 0 Å². The first kappa shape index (κ1) is 92.8. The van der Waals surface area contributed by atoms with Crippen LogP contribution in [-0.2, 0) is 65.4 Å². The van der Waals surface area contributed by atoms with Crippen molar-refractivity contribution in [1.82, 2.24) is 0 Å². The summed E-state index contributed by atoms with van der Waals surface area (Å²) < 4.78 is 68.4. The molecule has 0 aromatic heterocycles. The number of esters is 4. The van der Waals surface area contributed by atoms with E-state index in [0.29, 0.717) is 25.7 Å². The number of carbonyl (C=O) groups excluding carboxylic acids is 4. The van der Waals surface area contributed by atoms with Crippen LogP contribution in [0.25, 0.3) is 0 Å². The van der Waals surface area contributed by atoms with Crippen molar-refractivity contribution in [3.8, 4) is 0 Å². The molecule has 0 aromatic carbocycles. The maximum absolute atomic E-state index is 13.1. The molecule has 17 nitrogen and oxygen atoms in total. The lowest BCUT2D eigenvalue weighted by molar-refractivity contribution is -0.161. The number of hydrogen-bond donors (Lipinski definition) is 3. The van der Waals surface area contributed by atoms with Gasteiger partial charge in [-0.25, -0.2) is 9.13 Å². The molecule has 5 unspecified atom stereocenters. The molecule has 0 aromatic rings. The fourth-order valence-corrected chi connectivity index (χ4v) is 12.1. The van der Waals surface area contributed by atoms with Gasteiger partial charge >= 0.3 is 39.5 Å². The molecule has 0 fully saturated rings. The van der Waals surface area contributed by atoms with Crippen molar-refractivity contribution < 1.29 is 80.2 Å². The second-order valence-corrected chi connectivity index (χ2v) is 28.9. The van der Waals surface area contributed by atoms with Crippen LogP contribution in [0.5, 0.6) is 0 Å². The summed E-state index contributed by atoms with van der Waals surface area (Å²) in [6.45, 7) is 4.75. The van der Waals surface area contributed by atoms with Crippen LogP contribution >= 0.6 is 15.6 Å². The third kappa shape index (κ3) is 69.2. The van der Waals surface area contributed by atoms with E-state index in [4.69, 9.17) is 37.0 Å². The van der Waals surface area contributed by atoms with Crippen molar-refractivity contribution in [3.05, 3.63) is 60.8 Å². The van der Waals surface area contributed by atoms with Gasteiger partial charge in [-0.15, -0.1) is 0 Å². The van der Waals surface area contributed by atoms with E-state index in [0.717, 1.165) is 161 Å². The Bertz CT molecular complexity index is 2060. The normalized spacial score (nSPS) is 14.3. The minimum absolute atomic E-state index is 0.0804. The first-order valence-corrected chi connectivity index (χ1v) is 41.5. The van der Waals surface area contributed by atoms with Crippen LogP contribution < -0.4 is 0 Å². The number of allylic oxidation sites excluding steroid dienone is 10. The molecule has 0 aliphatic heterocycles. The molecule has 3 N–H and O–H groups in total. The maximum atomic E-state index is 13.1. The first-order valence-electron chi connectivity index (χ1n) is 38.5. The average molecular weight is 1400 g/mol. The van der Waals surface area contributed by atoms with Crippen LogP contribution in [0.15, 0.2) is 60.8 Å². The highest BCUT2D eigenvalue weighted by molar-refractivity contribution is 7.47. The summed E-state index contributed by atoms with van der Waals surface area (Å²) in [6.07, 6.45) is 67.8. The number of ether oxygens (including phenoxy) is 4. The second kappa shape index (κ2) is 70.2. The van der Waals surface area contributed by atoms with E-state index in [-0.39, 0.29) is 25.7 Å². The lowest BCUT2D eigenvalue weighted by Gasteiger charge is -2.21. The van der Waals surface area contributed by atoms with Crippen LogP contribution in [0, 0.1) is 0 Å². The van der Waals surface area contributed by atoms with Gasteiger partial charge in [0.1, 0.15) is 19.3 Å². The van der Waals surface area contributed by atoms with Gasteiger partial charge in [-0.1, -0.05) is 281 Å². The van der Waals surface area contributed by atoms with Crippen molar-refractivity contribution >= 4 is 39.5 Å². The summed E-state index contributed by atoms with van der Waals surface area (Å²) in [6, 6.07) is 0. The molecule has 0 spiro atoms. The van der Waals surface area contributed by atoms with Gasteiger partial charge in [0.05, 0.1) is 26.4 Å². The van der Waals surface area contributed by atoms with E-state index in [1.54, 1.807) is 0 Å². The molecule has 5 atom stereocenters. The Balaban J connectivity index is 5.32. The molecule has 0 aliphatic carbocycles. The number of unbranched alkanes of at least 4 members (excludes halogenated alkanes) is 37. The highest BCUT2D eigenvalue weighted by Crippen LogP contribution is 2.45. The number of phosphoric ester groups is 2. The van der Waals surface area contributed by atoms with E-state index in [9.17, 15) is 43.2 Å². The minimum atomic E-state index is -4.97. The number of rotatable bonds is 73. The largest absolute Gasteiger partial charge is 0.472 e. The number of hydrogen-bond acceptors (Lipinski definition) is 15. The third-order valence-electron chi connectivity index (χ3n) is 16.4. The molecule has 19 heteroatoms. The van der Waals surface area contributed by atoms with Crippen molar-refractivity contribution in [2.45, 2.75) is 367 Å². The van der Waals surface area contributed by atoms with Gasteiger partial charge in [-0.05, 0) is 103 Å². The van der Waals surface area contributed by atoms with Gasteiger partial charge in [0.25, 0.3) is 0 Å². The van der Waals surface area contributed by atoms with E-state index in [1.807, 2.05) is 0 Å². The number of aliphatic hydroxyl groups is 1. The standard InChI is InChI=1S/C77H140O17P2/c1-5-9-13-17-21-25-29-33-35-39-41-45-49-53-57-61-74(79)87-67-72(93-76(81)63-59-55-51-47-43-37-31-27-23-19-15-11-7-3)69-91-95(83,84)89-65-71(78)66-90-96(85,86)92-70-73(94-77(82)64-60-56-52-48-44-38-32-28-24-20-16-12-8-4)68-88-75(80)62-58-54-50-46-42-40-36-34-30-26-22-18-14-10-6-2/h15-16,19-20,27-28,31-33,35,71-73,78H,5-14,17-18,21-26,29-30,34,36-70H2,1-4H3,(H,83,84)(H,85,86)/b19-15-,20-16-,31-27-,32-28-,35-33-. The zero-order chi connectivity index (χ0) is 70.4. The molecule has 0 saturated carbocycles. The van der Waals surface area contributed by atoms with Crippen molar-refractivity contribution in [2.24, 2.45) is 0 Å². The summed E-state index contributed by atoms with van der Waals surface area (Å²) in [7, 11) is -9.94. The van der Waals surface area contributed by atoms with Crippen LogP contribution in [0.3, 0.4) is 0 Å². The summed E-state index contributed by atoms with van der Waals surface area (Å²) in [5, 5.41) is 10.6. The Labute approximate surface area is 584 Å². The monoisotopic (exact) mass is 1400 g/mol. The van der Waals surface area contributed by atoms with Gasteiger partial charge in [0.2, 0.25) is 0 Å². The number of phosphoric acid groups is 2. The van der Waals surface area contributed by atoms with Crippen molar-refractivity contribution in [2.75, 3.05) is 39.6 Å². The van der Waals surface area contributed by atoms with E-state index < -0.39 is 97.5 Å². The Morgan fingerprint density at radius 2 is 0.531 bits per heavy atom. The zero-order valence-electron chi connectivity index (χ0n) is 61.1. The van der Waals surface area contributed by atoms with E-state index in [1.165, 1.54) is 109 Å². The van der Waals surface area contributed by atoms with E-state index in [2.05, 4.69) is 88.5 Å². The van der Waals surface area contributed by atoms with Gasteiger partial charge in [-0.3, -0.25) is 37.3 Å². The fraction of sp³-hybridized carbons (Fsp3) is 0.818. The smallest absolute Gasteiger partial charge is 0.462 e.